The Morgan fingerprint density at radius 2 is 2.07 bits per heavy atom. The molecule has 0 radical (unpaired) electrons. The van der Waals surface area contributed by atoms with Crippen LogP contribution >= 0.6 is 11.3 Å². The molecule has 1 amide bonds. The number of amides is 1. The number of ether oxygens (including phenoxy) is 1. The molecule has 1 N–H and O–H groups in total. The average molecular weight is 414 g/mol. The van der Waals surface area contributed by atoms with Crippen LogP contribution in [0.5, 0.6) is 0 Å². The molecule has 2 aromatic rings. The first-order chi connectivity index (χ1) is 14.0. The quantitative estimate of drug-likeness (QED) is 0.441. The number of hydrogen-bond donors (Lipinski definition) is 1. The standard InChI is InChI=1S/C20H18N2O6S/c23-18(15-4-2-10-29-15)16-17(12-5-7-13(8-6-12)22(26)27)21(20(25)19(16)24)11-14-3-1-9-28-14/h2,4-8,10,14,17,24H,1,3,9,11H2/t14-,17-/m1/s1. The molecule has 0 bridgehead atoms. The highest BCUT2D eigenvalue weighted by Crippen LogP contribution is 2.40. The van der Waals surface area contributed by atoms with E-state index in [-0.39, 0.29) is 23.9 Å². The third-order valence-corrected chi connectivity index (χ3v) is 6.01. The smallest absolute Gasteiger partial charge is 0.290 e. The van der Waals surface area contributed by atoms with Gasteiger partial charge in [-0.3, -0.25) is 19.7 Å². The maximum atomic E-state index is 13.1. The largest absolute Gasteiger partial charge is 0.503 e. The number of thiophene rings is 1. The van der Waals surface area contributed by atoms with Gasteiger partial charge in [0, 0.05) is 25.3 Å². The van der Waals surface area contributed by atoms with Gasteiger partial charge in [0.2, 0.25) is 5.78 Å². The number of rotatable bonds is 6. The minimum atomic E-state index is -0.831. The van der Waals surface area contributed by atoms with Crippen LogP contribution in [0.15, 0.2) is 53.1 Å². The van der Waals surface area contributed by atoms with E-state index in [2.05, 4.69) is 0 Å². The third kappa shape index (κ3) is 3.54. The molecule has 1 saturated heterocycles. The maximum Gasteiger partial charge on any atom is 0.290 e. The summed E-state index contributed by atoms with van der Waals surface area (Å²) in [4.78, 5) is 38.2. The van der Waals surface area contributed by atoms with E-state index in [0.29, 0.717) is 17.0 Å². The van der Waals surface area contributed by atoms with Gasteiger partial charge in [0.1, 0.15) is 0 Å². The lowest BCUT2D eigenvalue weighted by molar-refractivity contribution is -0.384. The number of nitrogens with zero attached hydrogens (tertiary/aromatic N) is 2. The number of carbonyl (C=O) groups is 2. The number of non-ortho nitro benzene ring substituents is 1. The second-order valence-corrected chi connectivity index (χ2v) is 7.86. The molecule has 9 heteroatoms. The maximum absolute atomic E-state index is 13.1. The Balaban J connectivity index is 1.75. The number of nitro benzene ring substituents is 1. The van der Waals surface area contributed by atoms with Gasteiger partial charge in [-0.05, 0) is 42.0 Å². The second-order valence-electron chi connectivity index (χ2n) is 6.91. The highest BCUT2D eigenvalue weighted by molar-refractivity contribution is 7.12. The van der Waals surface area contributed by atoms with Crippen molar-refractivity contribution in [2.24, 2.45) is 0 Å². The lowest BCUT2D eigenvalue weighted by Crippen LogP contribution is -2.37. The summed E-state index contributed by atoms with van der Waals surface area (Å²) in [6.45, 7) is 0.834. The molecule has 8 nitrogen and oxygen atoms in total. The van der Waals surface area contributed by atoms with Gasteiger partial charge in [0.05, 0.1) is 27.5 Å². The number of aliphatic hydroxyl groups excluding tert-OH is 1. The normalized spacial score (nSPS) is 21.8. The summed E-state index contributed by atoms with van der Waals surface area (Å²) >= 11 is 1.22. The fourth-order valence-corrected chi connectivity index (χ4v) is 4.42. The van der Waals surface area contributed by atoms with E-state index in [1.807, 2.05) is 0 Å². The molecule has 2 aliphatic heterocycles. The minimum absolute atomic E-state index is 0.00991. The van der Waals surface area contributed by atoms with E-state index in [0.717, 1.165) is 12.8 Å². The second kappa shape index (κ2) is 7.76. The van der Waals surface area contributed by atoms with E-state index in [4.69, 9.17) is 4.74 Å². The van der Waals surface area contributed by atoms with Gasteiger partial charge < -0.3 is 14.7 Å². The lowest BCUT2D eigenvalue weighted by Gasteiger charge is -2.28. The van der Waals surface area contributed by atoms with Crippen molar-refractivity contribution in [3.05, 3.63) is 73.7 Å². The summed E-state index contributed by atoms with van der Waals surface area (Å²) in [7, 11) is 0. The monoisotopic (exact) mass is 414 g/mol. The van der Waals surface area contributed by atoms with Crippen LogP contribution in [0.4, 0.5) is 5.69 Å². The number of aliphatic hydroxyl groups is 1. The van der Waals surface area contributed by atoms with Gasteiger partial charge in [-0.2, -0.15) is 0 Å². The number of hydrogen-bond acceptors (Lipinski definition) is 7. The van der Waals surface area contributed by atoms with Gasteiger partial charge in [0.25, 0.3) is 11.6 Å². The van der Waals surface area contributed by atoms with Crippen molar-refractivity contribution >= 4 is 28.7 Å². The van der Waals surface area contributed by atoms with E-state index in [1.54, 1.807) is 17.5 Å². The van der Waals surface area contributed by atoms with Gasteiger partial charge in [0.15, 0.2) is 5.76 Å². The molecule has 0 saturated carbocycles. The minimum Gasteiger partial charge on any atom is -0.503 e. The van der Waals surface area contributed by atoms with Crippen molar-refractivity contribution in [2.45, 2.75) is 25.0 Å². The molecular weight excluding hydrogens is 396 g/mol. The van der Waals surface area contributed by atoms with E-state index >= 15 is 0 Å². The van der Waals surface area contributed by atoms with Crippen LogP contribution in [0.3, 0.4) is 0 Å². The summed E-state index contributed by atoms with van der Waals surface area (Å²) in [5.74, 6) is -1.64. The molecule has 1 aromatic carbocycles. The molecule has 0 spiro atoms. The van der Waals surface area contributed by atoms with E-state index in [9.17, 15) is 24.8 Å². The highest BCUT2D eigenvalue weighted by Gasteiger charge is 2.45. The third-order valence-electron chi connectivity index (χ3n) is 5.14. The van der Waals surface area contributed by atoms with Crippen LogP contribution in [0, 0.1) is 10.1 Å². The number of carbonyl (C=O) groups excluding carboxylic acids is 2. The molecule has 2 atom stereocenters. The molecule has 1 aromatic heterocycles. The Morgan fingerprint density at radius 1 is 1.31 bits per heavy atom. The predicted octanol–water partition coefficient (Wildman–Crippen LogP) is 3.41. The molecule has 2 aliphatic rings. The van der Waals surface area contributed by atoms with Crippen molar-refractivity contribution in [3.63, 3.8) is 0 Å². The predicted molar refractivity (Wildman–Crippen MR) is 105 cm³/mol. The van der Waals surface area contributed by atoms with Crippen LogP contribution in [0.1, 0.15) is 34.1 Å². The van der Waals surface area contributed by atoms with E-state index in [1.165, 1.54) is 40.5 Å². The number of benzene rings is 1. The van der Waals surface area contributed by atoms with Gasteiger partial charge >= 0.3 is 0 Å². The van der Waals surface area contributed by atoms with Crippen LogP contribution in [0.25, 0.3) is 0 Å². The average Bonchev–Trinajstić information content (AvgIpc) is 3.46. The Kier molecular flexibility index (Phi) is 5.16. The summed E-state index contributed by atoms with van der Waals surface area (Å²) in [6, 6.07) is 8.20. The van der Waals surface area contributed by atoms with Gasteiger partial charge in [-0.1, -0.05) is 6.07 Å². The summed E-state index contributed by atoms with van der Waals surface area (Å²) < 4.78 is 5.63. The molecule has 0 unspecified atom stereocenters. The van der Waals surface area contributed by atoms with Gasteiger partial charge in [-0.15, -0.1) is 11.3 Å². The highest BCUT2D eigenvalue weighted by atomic mass is 32.1. The zero-order valence-electron chi connectivity index (χ0n) is 15.3. The Labute approximate surface area is 170 Å². The SMILES string of the molecule is O=C(C1=C(O)C(=O)N(C[C@H]2CCCO2)[C@@H]1c1ccc([N+](=O)[O-])cc1)c1cccs1. The van der Waals surface area contributed by atoms with Crippen LogP contribution in [0.2, 0.25) is 0 Å². The van der Waals surface area contributed by atoms with Crippen molar-refractivity contribution in [1.29, 1.82) is 0 Å². The topological polar surface area (TPSA) is 110 Å². The first kappa shape index (κ1) is 19.3. The fraction of sp³-hybridized carbons (Fsp3) is 0.300. The van der Waals surface area contributed by atoms with E-state index < -0.39 is 28.4 Å². The number of ketones is 1. The zero-order chi connectivity index (χ0) is 20.5. The zero-order valence-corrected chi connectivity index (χ0v) is 16.1. The van der Waals surface area contributed by atoms with Crippen LogP contribution in [-0.4, -0.2) is 45.9 Å². The lowest BCUT2D eigenvalue weighted by atomic mass is 9.95. The summed E-state index contributed by atoms with van der Waals surface area (Å²) in [5, 5.41) is 23.3. The molecule has 3 heterocycles. The Morgan fingerprint density at radius 3 is 2.66 bits per heavy atom. The number of Topliss-reactive ketones (excluding diaryl/α,β-unsaturated/α-hetero) is 1. The van der Waals surface area contributed by atoms with Gasteiger partial charge in [-0.25, -0.2) is 0 Å². The number of nitro groups is 1. The Hall–Kier alpha value is -3.04. The molecule has 150 valence electrons. The molecule has 4 rings (SSSR count). The summed E-state index contributed by atoms with van der Waals surface area (Å²) in [5.41, 5.74) is 0.415. The van der Waals surface area contributed by atoms with Crippen molar-refractivity contribution in [3.8, 4) is 0 Å². The molecular formula is C20H18N2O6S. The summed E-state index contributed by atoms with van der Waals surface area (Å²) in [6.07, 6.45) is 1.49. The van der Waals surface area contributed by atoms with Crippen molar-refractivity contribution in [2.75, 3.05) is 13.2 Å². The van der Waals surface area contributed by atoms with Crippen LogP contribution in [-0.2, 0) is 9.53 Å². The molecule has 29 heavy (non-hydrogen) atoms. The first-order valence-corrected chi connectivity index (χ1v) is 10.0. The first-order valence-electron chi connectivity index (χ1n) is 9.15. The molecule has 1 fully saturated rings. The fourth-order valence-electron chi connectivity index (χ4n) is 3.75. The van der Waals surface area contributed by atoms with Crippen LogP contribution < -0.4 is 0 Å². The Bertz CT molecular complexity index is 977. The molecule has 0 aliphatic carbocycles. The van der Waals surface area contributed by atoms with Crippen molar-refractivity contribution < 1.29 is 24.4 Å². The van der Waals surface area contributed by atoms with Crippen molar-refractivity contribution in [1.82, 2.24) is 4.90 Å².